The normalized spacial score (nSPS) is 14.3. The Morgan fingerprint density at radius 2 is 1.49 bits per heavy atom. The smallest absolute Gasteiger partial charge is 0.252 e. The first-order valence-corrected chi connectivity index (χ1v) is 12.1. The van der Waals surface area contributed by atoms with E-state index in [1.54, 1.807) is 11.6 Å². The quantitative estimate of drug-likeness (QED) is 0.470. The summed E-state index contributed by atoms with van der Waals surface area (Å²) in [5.74, 6) is -0.231. The fourth-order valence-electron chi connectivity index (χ4n) is 4.80. The molecule has 0 spiro atoms. The molecule has 1 amide bonds. The van der Waals surface area contributed by atoms with Crippen molar-refractivity contribution in [3.8, 4) is 0 Å². The summed E-state index contributed by atoms with van der Waals surface area (Å²) < 4.78 is 1.57. The van der Waals surface area contributed by atoms with Crippen molar-refractivity contribution in [1.29, 1.82) is 0 Å². The average Bonchev–Trinajstić information content (AvgIpc) is 2.91. The van der Waals surface area contributed by atoms with E-state index in [9.17, 15) is 9.59 Å². The predicted octanol–water partition coefficient (Wildman–Crippen LogP) is 3.79. The van der Waals surface area contributed by atoms with Crippen molar-refractivity contribution in [3.05, 3.63) is 112 Å². The first-order chi connectivity index (χ1) is 17.1. The highest BCUT2D eigenvalue weighted by molar-refractivity contribution is 6.06. The van der Waals surface area contributed by atoms with Crippen molar-refractivity contribution in [2.24, 2.45) is 7.05 Å². The van der Waals surface area contributed by atoms with Gasteiger partial charge in [0, 0.05) is 63.5 Å². The number of anilines is 1. The second kappa shape index (κ2) is 10.2. The maximum absolute atomic E-state index is 13.1. The third kappa shape index (κ3) is 4.98. The van der Waals surface area contributed by atoms with Crippen LogP contribution in [0, 0.1) is 0 Å². The van der Waals surface area contributed by atoms with Crippen molar-refractivity contribution in [2.75, 3.05) is 31.1 Å². The van der Waals surface area contributed by atoms with Crippen LogP contribution in [0.3, 0.4) is 0 Å². The number of pyridine rings is 1. The van der Waals surface area contributed by atoms with Crippen LogP contribution in [0.15, 0.2) is 89.7 Å². The van der Waals surface area contributed by atoms with E-state index in [0.29, 0.717) is 12.1 Å². The minimum absolute atomic E-state index is 0.191. The fraction of sp³-hybridized carbons (Fsp3) is 0.241. The minimum Gasteiger partial charge on any atom is -0.369 e. The number of aromatic nitrogens is 1. The Morgan fingerprint density at radius 3 is 2.26 bits per heavy atom. The zero-order chi connectivity index (χ0) is 24.2. The third-order valence-corrected chi connectivity index (χ3v) is 6.84. The fourth-order valence-corrected chi connectivity index (χ4v) is 4.80. The van der Waals surface area contributed by atoms with Crippen molar-refractivity contribution in [3.63, 3.8) is 0 Å². The molecule has 1 N–H and O–H groups in total. The van der Waals surface area contributed by atoms with Gasteiger partial charge in [-0.05, 0) is 29.3 Å². The Labute approximate surface area is 205 Å². The van der Waals surface area contributed by atoms with Crippen LogP contribution < -0.4 is 15.8 Å². The molecule has 6 heteroatoms. The lowest BCUT2D eigenvalue weighted by molar-refractivity contribution is 0.0952. The summed E-state index contributed by atoms with van der Waals surface area (Å²) in [5.41, 5.74) is 4.56. The summed E-state index contributed by atoms with van der Waals surface area (Å²) in [5, 5.41) is 3.82. The molecule has 1 aliphatic heterocycles. The largest absolute Gasteiger partial charge is 0.369 e. The summed E-state index contributed by atoms with van der Waals surface area (Å²) in [6, 6.07) is 27.7. The SMILES string of the molecule is Cn1c(=O)cc(C(=O)NCc2ccccc2CN2CCN(c3ccccc3)CC2)c2ccccc21. The lowest BCUT2D eigenvalue weighted by Gasteiger charge is -2.36. The van der Waals surface area contributed by atoms with E-state index in [4.69, 9.17) is 0 Å². The van der Waals surface area contributed by atoms with E-state index in [0.717, 1.165) is 49.2 Å². The molecule has 5 rings (SSSR count). The number of piperazine rings is 1. The standard InChI is InChI=1S/C29H30N4O2/c1-31-27-14-8-7-13-25(27)26(19-28(31)34)29(35)30-20-22-9-5-6-10-23(22)21-32-15-17-33(18-16-32)24-11-3-2-4-12-24/h2-14,19H,15-18,20-21H2,1H3,(H,30,35). The van der Waals surface area contributed by atoms with E-state index in [1.165, 1.54) is 17.3 Å². The number of hydrogen-bond donors (Lipinski definition) is 1. The van der Waals surface area contributed by atoms with Gasteiger partial charge in [-0.15, -0.1) is 0 Å². The number of carbonyl (C=O) groups is 1. The molecule has 0 bridgehead atoms. The van der Waals surface area contributed by atoms with E-state index in [-0.39, 0.29) is 11.5 Å². The highest BCUT2D eigenvalue weighted by Crippen LogP contribution is 2.19. The number of nitrogens with zero attached hydrogens (tertiary/aromatic N) is 3. The van der Waals surface area contributed by atoms with Gasteiger partial charge < -0.3 is 14.8 Å². The van der Waals surface area contributed by atoms with Gasteiger partial charge in [0.1, 0.15) is 0 Å². The molecule has 1 aromatic heterocycles. The Bertz CT molecular complexity index is 1390. The number of rotatable bonds is 6. The van der Waals surface area contributed by atoms with Crippen LogP contribution in [0.1, 0.15) is 21.5 Å². The summed E-state index contributed by atoms with van der Waals surface area (Å²) in [6.45, 7) is 5.26. The molecular formula is C29H30N4O2. The van der Waals surface area contributed by atoms with E-state index >= 15 is 0 Å². The first-order valence-electron chi connectivity index (χ1n) is 12.1. The lowest BCUT2D eigenvalue weighted by atomic mass is 10.1. The number of para-hydroxylation sites is 2. The average molecular weight is 467 g/mol. The van der Waals surface area contributed by atoms with Gasteiger partial charge in [0.15, 0.2) is 0 Å². The number of aryl methyl sites for hydroxylation is 1. The molecule has 3 aromatic carbocycles. The van der Waals surface area contributed by atoms with Crippen LogP contribution in [0.25, 0.3) is 10.9 Å². The van der Waals surface area contributed by atoms with Gasteiger partial charge in [-0.2, -0.15) is 0 Å². The van der Waals surface area contributed by atoms with Gasteiger partial charge in [0.05, 0.1) is 11.1 Å². The number of benzene rings is 3. The van der Waals surface area contributed by atoms with Crippen LogP contribution in [0.2, 0.25) is 0 Å². The van der Waals surface area contributed by atoms with Gasteiger partial charge >= 0.3 is 0 Å². The van der Waals surface area contributed by atoms with E-state index < -0.39 is 0 Å². The number of nitrogens with one attached hydrogen (secondary N) is 1. The van der Waals surface area contributed by atoms with Gasteiger partial charge in [-0.25, -0.2) is 0 Å². The Hall–Kier alpha value is -3.90. The Kier molecular flexibility index (Phi) is 6.64. The first kappa shape index (κ1) is 22.9. The maximum Gasteiger partial charge on any atom is 0.252 e. The van der Waals surface area contributed by atoms with Crippen molar-refractivity contribution < 1.29 is 4.79 Å². The highest BCUT2D eigenvalue weighted by Gasteiger charge is 2.19. The molecule has 0 radical (unpaired) electrons. The molecule has 2 heterocycles. The Morgan fingerprint density at radius 1 is 0.829 bits per heavy atom. The molecule has 178 valence electrons. The maximum atomic E-state index is 13.1. The number of amides is 1. The van der Waals surface area contributed by atoms with Crippen LogP contribution >= 0.6 is 0 Å². The molecule has 0 unspecified atom stereocenters. The van der Waals surface area contributed by atoms with E-state index in [1.807, 2.05) is 30.3 Å². The predicted molar refractivity (Wildman–Crippen MR) is 141 cm³/mol. The van der Waals surface area contributed by atoms with Gasteiger partial charge in [-0.3, -0.25) is 14.5 Å². The zero-order valence-corrected chi connectivity index (χ0v) is 20.0. The van der Waals surface area contributed by atoms with Crippen molar-refractivity contribution in [1.82, 2.24) is 14.8 Å². The number of fused-ring (bicyclic) bond motifs is 1. The number of hydrogen-bond acceptors (Lipinski definition) is 4. The topological polar surface area (TPSA) is 57.6 Å². The second-order valence-electron chi connectivity index (χ2n) is 9.02. The molecule has 0 aliphatic carbocycles. The monoisotopic (exact) mass is 466 g/mol. The molecular weight excluding hydrogens is 436 g/mol. The van der Waals surface area contributed by atoms with Crippen LogP contribution in [-0.4, -0.2) is 41.6 Å². The van der Waals surface area contributed by atoms with Crippen LogP contribution in [0.4, 0.5) is 5.69 Å². The van der Waals surface area contributed by atoms with Crippen LogP contribution in [0.5, 0.6) is 0 Å². The third-order valence-electron chi connectivity index (χ3n) is 6.84. The molecule has 1 fully saturated rings. The Balaban J connectivity index is 1.25. The van der Waals surface area contributed by atoms with Gasteiger partial charge in [0.25, 0.3) is 11.5 Å². The molecule has 0 saturated carbocycles. The molecule has 1 saturated heterocycles. The molecule has 6 nitrogen and oxygen atoms in total. The molecule has 1 aliphatic rings. The molecule has 35 heavy (non-hydrogen) atoms. The molecule has 0 atom stereocenters. The van der Waals surface area contributed by atoms with Crippen molar-refractivity contribution >= 4 is 22.5 Å². The summed E-state index contributed by atoms with van der Waals surface area (Å²) in [4.78, 5) is 30.4. The molecule has 4 aromatic rings. The summed E-state index contributed by atoms with van der Waals surface area (Å²) in [6.07, 6.45) is 0. The second-order valence-corrected chi connectivity index (χ2v) is 9.02. The van der Waals surface area contributed by atoms with Gasteiger partial charge in [0.2, 0.25) is 0 Å². The summed E-state index contributed by atoms with van der Waals surface area (Å²) >= 11 is 0. The summed E-state index contributed by atoms with van der Waals surface area (Å²) in [7, 11) is 1.72. The van der Waals surface area contributed by atoms with E-state index in [2.05, 4.69) is 63.6 Å². The minimum atomic E-state index is -0.231. The zero-order valence-electron chi connectivity index (χ0n) is 20.0. The lowest BCUT2D eigenvalue weighted by Crippen LogP contribution is -2.46. The number of carbonyl (C=O) groups excluding carboxylic acids is 1. The highest BCUT2D eigenvalue weighted by atomic mass is 16.2. The van der Waals surface area contributed by atoms with Crippen LogP contribution in [-0.2, 0) is 20.1 Å². The van der Waals surface area contributed by atoms with Gasteiger partial charge in [-0.1, -0.05) is 60.7 Å². The van der Waals surface area contributed by atoms with Crippen molar-refractivity contribution in [2.45, 2.75) is 13.1 Å².